The molecule has 0 heterocycles. The number of nitrogens with one attached hydrogen (secondary N) is 1. The van der Waals surface area contributed by atoms with Crippen LogP contribution in [0.4, 0.5) is 8.78 Å². The minimum absolute atomic E-state index is 0.0329. The number of hydrogen-bond donors (Lipinski definition) is 2. The van der Waals surface area contributed by atoms with E-state index in [2.05, 4.69) is 4.72 Å². The van der Waals surface area contributed by atoms with Gasteiger partial charge in [0.1, 0.15) is 16.5 Å². The van der Waals surface area contributed by atoms with E-state index < -0.39 is 32.0 Å². The fraction of sp³-hybridized carbons (Fsp3) is 0.538. The number of halogens is 2. The highest BCUT2D eigenvalue weighted by molar-refractivity contribution is 7.89. The Bertz CT molecular complexity index is 548. The number of hydrogen-bond acceptors (Lipinski definition) is 3. The first-order valence-corrected chi connectivity index (χ1v) is 7.84. The molecule has 0 aliphatic carbocycles. The maximum absolute atomic E-state index is 13.5. The zero-order valence-corrected chi connectivity index (χ0v) is 12.3. The predicted molar refractivity (Wildman–Crippen MR) is 71.6 cm³/mol. The van der Waals surface area contributed by atoms with Crippen molar-refractivity contribution in [2.75, 3.05) is 13.2 Å². The summed E-state index contributed by atoms with van der Waals surface area (Å²) in [7, 11) is -4.15. The minimum Gasteiger partial charge on any atom is -0.396 e. The van der Waals surface area contributed by atoms with E-state index in [1.54, 1.807) is 0 Å². The van der Waals surface area contributed by atoms with Gasteiger partial charge in [0.25, 0.3) is 0 Å². The molecule has 1 rings (SSSR count). The van der Waals surface area contributed by atoms with Gasteiger partial charge in [-0.3, -0.25) is 0 Å². The van der Waals surface area contributed by atoms with Crippen LogP contribution in [0.1, 0.15) is 26.7 Å². The van der Waals surface area contributed by atoms with Crippen molar-refractivity contribution in [3.05, 3.63) is 29.8 Å². The van der Waals surface area contributed by atoms with E-state index >= 15 is 0 Å². The van der Waals surface area contributed by atoms with E-state index in [1.165, 1.54) is 0 Å². The maximum Gasteiger partial charge on any atom is 0.243 e. The second kappa shape index (κ2) is 6.60. The van der Waals surface area contributed by atoms with E-state index in [0.29, 0.717) is 18.9 Å². The zero-order chi connectivity index (χ0) is 15.4. The Morgan fingerprint density at radius 2 is 1.85 bits per heavy atom. The summed E-state index contributed by atoms with van der Waals surface area (Å²) < 4.78 is 52.8. The molecule has 0 saturated carbocycles. The molecule has 0 saturated heterocycles. The van der Waals surface area contributed by atoms with E-state index in [9.17, 15) is 22.3 Å². The van der Waals surface area contributed by atoms with Crippen molar-refractivity contribution in [2.24, 2.45) is 5.41 Å². The molecule has 0 aromatic heterocycles. The van der Waals surface area contributed by atoms with Gasteiger partial charge in [-0.25, -0.2) is 21.9 Å². The van der Waals surface area contributed by atoms with Crippen LogP contribution in [-0.2, 0) is 10.0 Å². The minimum atomic E-state index is -4.15. The first-order valence-electron chi connectivity index (χ1n) is 6.36. The molecule has 7 heteroatoms. The van der Waals surface area contributed by atoms with Crippen LogP contribution in [0.15, 0.2) is 23.1 Å². The van der Waals surface area contributed by atoms with Gasteiger partial charge in [0.2, 0.25) is 10.0 Å². The van der Waals surface area contributed by atoms with Crippen molar-refractivity contribution in [2.45, 2.75) is 31.6 Å². The highest BCUT2D eigenvalue weighted by Crippen LogP contribution is 2.25. The fourth-order valence-electron chi connectivity index (χ4n) is 1.79. The monoisotopic (exact) mass is 307 g/mol. The Labute approximate surface area is 117 Å². The number of rotatable bonds is 7. The summed E-state index contributed by atoms with van der Waals surface area (Å²) in [6.07, 6.45) is 1.13. The van der Waals surface area contributed by atoms with Crippen LogP contribution in [0, 0.1) is 17.0 Å². The molecule has 20 heavy (non-hydrogen) atoms. The standard InChI is InChI=1S/C13H19F2NO3S/c1-3-13(4-2,9-17)8-16-20(18,19)12-7-10(14)5-6-11(12)15/h5-7,16-17H,3-4,8-9H2,1-2H3. The Morgan fingerprint density at radius 1 is 1.25 bits per heavy atom. The predicted octanol–water partition coefficient (Wildman–Crippen LogP) is 2.04. The highest BCUT2D eigenvalue weighted by Gasteiger charge is 2.29. The molecule has 0 spiro atoms. The van der Waals surface area contributed by atoms with Gasteiger partial charge < -0.3 is 5.11 Å². The normalized spacial score (nSPS) is 12.7. The molecule has 0 fully saturated rings. The van der Waals surface area contributed by atoms with Crippen molar-refractivity contribution < 1.29 is 22.3 Å². The molecule has 1 aromatic rings. The Hall–Kier alpha value is -1.05. The van der Waals surface area contributed by atoms with Crippen LogP contribution in [0.25, 0.3) is 0 Å². The van der Waals surface area contributed by atoms with Crippen LogP contribution in [0.3, 0.4) is 0 Å². The highest BCUT2D eigenvalue weighted by atomic mass is 32.2. The molecular formula is C13H19F2NO3S. The van der Waals surface area contributed by atoms with E-state index in [4.69, 9.17) is 0 Å². The molecule has 1 aromatic carbocycles. The summed E-state index contributed by atoms with van der Waals surface area (Å²) in [5.74, 6) is -1.84. The number of benzene rings is 1. The molecule has 4 nitrogen and oxygen atoms in total. The van der Waals surface area contributed by atoms with Crippen molar-refractivity contribution in [1.29, 1.82) is 0 Å². The first-order chi connectivity index (χ1) is 9.30. The Morgan fingerprint density at radius 3 is 2.35 bits per heavy atom. The number of sulfonamides is 1. The third kappa shape index (κ3) is 3.74. The molecule has 0 atom stereocenters. The van der Waals surface area contributed by atoms with Gasteiger partial charge in [0.15, 0.2) is 0 Å². The van der Waals surface area contributed by atoms with Crippen LogP contribution in [0.2, 0.25) is 0 Å². The topological polar surface area (TPSA) is 66.4 Å². The number of aliphatic hydroxyl groups excluding tert-OH is 1. The molecule has 0 aliphatic rings. The van der Waals surface area contributed by atoms with Gasteiger partial charge in [0.05, 0.1) is 0 Å². The zero-order valence-electron chi connectivity index (χ0n) is 11.5. The molecule has 0 aliphatic heterocycles. The van der Waals surface area contributed by atoms with Crippen LogP contribution in [-0.4, -0.2) is 26.7 Å². The summed E-state index contributed by atoms with van der Waals surface area (Å²) in [5, 5.41) is 9.37. The lowest BCUT2D eigenvalue weighted by molar-refractivity contribution is 0.119. The van der Waals surface area contributed by atoms with Crippen LogP contribution in [0.5, 0.6) is 0 Å². The van der Waals surface area contributed by atoms with Gasteiger partial charge in [-0.1, -0.05) is 13.8 Å². The summed E-state index contributed by atoms with van der Waals surface area (Å²) in [5.41, 5.74) is -0.600. The van der Waals surface area contributed by atoms with Gasteiger partial charge >= 0.3 is 0 Å². The lowest BCUT2D eigenvalue weighted by atomic mass is 9.84. The largest absolute Gasteiger partial charge is 0.396 e. The van der Waals surface area contributed by atoms with Gasteiger partial charge in [-0.15, -0.1) is 0 Å². The van der Waals surface area contributed by atoms with E-state index in [0.717, 1.165) is 12.1 Å². The van der Waals surface area contributed by atoms with Crippen molar-refractivity contribution in [1.82, 2.24) is 4.72 Å². The molecule has 0 radical (unpaired) electrons. The fourth-order valence-corrected chi connectivity index (χ4v) is 3.03. The molecule has 0 bridgehead atoms. The average Bonchev–Trinajstić information content (AvgIpc) is 2.43. The Balaban J connectivity index is 2.98. The van der Waals surface area contributed by atoms with Gasteiger partial charge in [-0.2, -0.15) is 0 Å². The quantitative estimate of drug-likeness (QED) is 0.810. The third-order valence-electron chi connectivity index (χ3n) is 3.66. The second-order valence-electron chi connectivity index (χ2n) is 4.76. The Kier molecular flexibility index (Phi) is 5.61. The average molecular weight is 307 g/mol. The molecular weight excluding hydrogens is 288 g/mol. The van der Waals surface area contributed by atoms with Crippen LogP contribution >= 0.6 is 0 Å². The maximum atomic E-state index is 13.5. The van der Waals surface area contributed by atoms with E-state index in [-0.39, 0.29) is 13.2 Å². The number of aliphatic hydroxyl groups is 1. The lowest BCUT2D eigenvalue weighted by Crippen LogP contribution is -2.39. The first kappa shape index (κ1) is 17.0. The summed E-state index contributed by atoms with van der Waals surface area (Å²) in [4.78, 5) is -0.725. The summed E-state index contributed by atoms with van der Waals surface area (Å²) in [6, 6.07) is 2.25. The smallest absolute Gasteiger partial charge is 0.243 e. The van der Waals surface area contributed by atoms with Gasteiger partial charge in [0, 0.05) is 18.6 Å². The summed E-state index contributed by atoms with van der Waals surface area (Å²) in [6.45, 7) is 3.44. The van der Waals surface area contributed by atoms with Crippen molar-refractivity contribution >= 4 is 10.0 Å². The second-order valence-corrected chi connectivity index (χ2v) is 6.50. The van der Waals surface area contributed by atoms with Gasteiger partial charge in [-0.05, 0) is 31.0 Å². The molecule has 0 unspecified atom stereocenters. The van der Waals surface area contributed by atoms with Crippen molar-refractivity contribution in [3.63, 3.8) is 0 Å². The summed E-state index contributed by atoms with van der Waals surface area (Å²) >= 11 is 0. The third-order valence-corrected chi connectivity index (χ3v) is 5.07. The molecule has 0 amide bonds. The van der Waals surface area contributed by atoms with Crippen molar-refractivity contribution in [3.8, 4) is 0 Å². The molecule has 2 N–H and O–H groups in total. The van der Waals surface area contributed by atoms with Crippen LogP contribution < -0.4 is 4.72 Å². The van der Waals surface area contributed by atoms with E-state index in [1.807, 2.05) is 13.8 Å². The SMILES string of the molecule is CCC(CC)(CO)CNS(=O)(=O)c1cc(F)ccc1F. The lowest BCUT2D eigenvalue weighted by Gasteiger charge is -2.29. The molecule has 114 valence electrons.